The highest BCUT2D eigenvalue weighted by Crippen LogP contribution is 2.31. The summed E-state index contributed by atoms with van der Waals surface area (Å²) in [5, 5.41) is 22.2. The molecule has 3 N–H and O–H groups in total. The maximum Gasteiger partial charge on any atom is 0.0864 e. The summed E-state index contributed by atoms with van der Waals surface area (Å²) in [5.41, 5.74) is 1.08. The summed E-state index contributed by atoms with van der Waals surface area (Å²) in [6.45, 7) is 1.89. The molecule has 1 aromatic rings. The van der Waals surface area contributed by atoms with Crippen molar-refractivity contribution >= 4 is 23.4 Å². The predicted molar refractivity (Wildman–Crippen MR) is 78.9 cm³/mol. The molecule has 19 heavy (non-hydrogen) atoms. The van der Waals surface area contributed by atoms with Crippen LogP contribution in [0.3, 0.4) is 0 Å². The van der Waals surface area contributed by atoms with Gasteiger partial charge >= 0.3 is 0 Å². The van der Waals surface area contributed by atoms with Crippen molar-refractivity contribution in [3.8, 4) is 0 Å². The maximum atomic E-state index is 9.40. The molecule has 0 fully saturated rings. The number of hydrogen-bond donors (Lipinski definition) is 3. The second kappa shape index (κ2) is 9.58. The molecule has 0 saturated carbocycles. The van der Waals surface area contributed by atoms with E-state index in [1.54, 1.807) is 7.11 Å². The van der Waals surface area contributed by atoms with Crippen molar-refractivity contribution < 1.29 is 14.9 Å². The highest BCUT2D eigenvalue weighted by molar-refractivity contribution is 7.99. The molecular weight excluding hydrogens is 286 g/mol. The molecule has 0 bridgehead atoms. The van der Waals surface area contributed by atoms with Crippen LogP contribution in [-0.4, -0.2) is 48.9 Å². The lowest BCUT2D eigenvalue weighted by molar-refractivity contribution is 0.113. The molecule has 0 amide bonds. The van der Waals surface area contributed by atoms with Gasteiger partial charge in [-0.15, -0.1) is 11.8 Å². The van der Waals surface area contributed by atoms with Crippen molar-refractivity contribution in [2.75, 3.05) is 32.6 Å². The minimum atomic E-state index is -0.726. The van der Waals surface area contributed by atoms with Gasteiger partial charge in [-0.3, -0.25) is 0 Å². The molecule has 0 saturated heterocycles. The zero-order valence-electron chi connectivity index (χ0n) is 10.9. The van der Waals surface area contributed by atoms with E-state index >= 15 is 0 Å². The Bertz CT molecular complexity index is 379. The number of aliphatic hydroxyl groups is 2. The van der Waals surface area contributed by atoms with Crippen molar-refractivity contribution in [2.24, 2.45) is 0 Å². The molecule has 1 unspecified atom stereocenters. The van der Waals surface area contributed by atoms with Crippen molar-refractivity contribution in [1.29, 1.82) is 0 Å². The summed E-state index contributed by atoms with van der Waals surface area (Å²) in [7, 11) is 1.67. The minimum Gasteiger partial charge on any atom is -0.394 e. The van der Waals surface area contributed by atoms with Crippen molar-refractivity contribution in [2.45, 2.75) is 17.5 Å². The molecule has 0 aliphatic carbocycles. The van der Waals surface area contributed by atoms with Crippen LogP contribution >= 0.6 is 23.4 Å². The fourth-order valence-corrected chi connectivity index (χ4v) is 2.84. The smallest absolute Gasteiger partial charge is 0.0864 e. The lowest BCUT2D eigenvalue weighted by atomic mass is 10.2. The number of benzene rings is 1. The van der Waals surface area contributed by atoms with Crippen LogP contribution in [0.25, 0.3) is 0 Å². The molecule has 0 aliphatic rings. The van der Waals surface area contributed by atoms with Gasteiger partial charge in [0, 0.05) is 30.8 Å². The molecule has 0 heterocycles. The summed E-state index contributed by atoms with van der Waals surface area (Å²) in [5.74, 6) is 0.422. The summed E-state index contributed by atoms with van der Waals surface area (Å²) in [4.78, 5) is 0.946. The van der Waals surface area contributed by atoms with E-state index in [9.17, 15) is 5.11 Å². The summed E-state index contributed by atoms with van der Waals surface area (Å²) in [6.07, 6.45) is -0.726. The Morgan fingerprint density at radius 1 is 1.47 bits per heavy atom. The SMILES string of the molecule is COCCNCc1cccc(Cl)c1SCC(O)CO. The maximum absolute atomic E-state index is 9.40. The zero-order valence-corrected chi connectivity index (χ0v) is 12.5. The Morgan fingerprint density at radius 2 is 2.26 bits per heavy atom. The van der Waals surface area contributed by atoms with E-state index in [2.05, 4.69) is 5.32 Å². The van der Waals surface area contributed by atoms with E-state index in [0.717, 1.165) is 17.0 Å². The van der Waals surface area contributed by atoms with Gasteiger partial charge in [-0.1, -0.05) is 23.7 Å². The Balaban J connectivity index is 2.61. The fraction of sp³-hybridized carbons (Fsp3) is 0.538. The predicted octanol–water partition coefficient (Wildman–Crippen LogP) is 1.52. The van der Waals surface area contributed by atoms with E-state index in [1.165, 1.54) is 11.8 Å². The van der Waals surface area contributed by atoms with Crippen LogP contribution in [0.15, 0.2) is 23.1 Å². The van der Waals surface area contributed by atoms with Crippen LogP contribution in [0.5, 0.6) is 0 Å². The normalized spacial score (nSPS) is 12.6. The minimum absolute atomic E-state index is 0.237. The topological polar surface area (TPSA) is 61.7 Å². The van der Waals surface area contributed by atoms with E-state index < -0.39 is 6.10 Å². The third kappa shape index (κ3) is 6.12. The lowest BCUT2D eigenvalue weighted by Crippen LogP contribution is -2.19. The Labute approximate surface area is 123 Å². The summed E-state index contributed by atoms with van der Waals surface area (Å²) < 4.78 is 4.97. The average Bonchev–Trinajstić information content (AvgIpc) is 2.42. The van der Waals surface area contributed by atoms with E-state index in [1.807, 2.05) is 18.2 Å². The first-order chi connectivity index (χ1) is 9.19. The molecule has 6 heteroatoms. The van der Waals surface area contributed by atoms with E-state index in [0.29, 0.717) is 23.9 Å². The third-order valence-electron chi connectivity index (χ3n) is 2.48. The van der Waals surface area contributed by atoms with Gasteiger partial charge < -0.3 is 20.3 Å². The first kappa shape index (κ1) is 16.8. The number of methoxy groups -OCH3 is 1. The highest BCUT2D eigenvalue weighted by atomic mass is 35.5. The highest BCUT2D eigenvalue weighted by Gasteiger charge is 2.10. The molecule has 0 aliphatic heterocycles. The van der Waals surface area contributed by atoms with Crippen LogP contribution in [0.1, 0.15) is 5.56 Å². The van der Waals surface area contributed by atoms with E-state index in [4.69, 9.17) is 21.4 Å². The van der Waals surface area contributed by atoms with Crippen molar-refractivity contribution in [3.63, 3.8) is 0 Å². The Morgan fingerprint density at radius 3 is 2.95 bits per heavy atom. The molecule has 1 aromatic carbocycles. The number of halogens is 1. The standard InChI is InChI=1S/C13H20ClNO3S/c1-18-6-5-15-7-10-3-2-4-12(14)13(10)19-9-11(17)8-16/h2-4,11,15-17H,5-9H2,1H3. The monoisotopic (exact) mass is 305 g/mol. The van der Waals surface area contributed by atoms with Crippen LogP contribution in [-0.2, 0) is 11.3 Å². The number of nitrogens with one attached hydrogen (secondary N) is 1. The second-order valence-corrected chi connectivity index (χ2v) is 5.48. The van der Waals surface area contributed by atoms with Crippen molar-refractivity contribution in [3.05, 3.63) is 28.8 Å². The van der Waals surface area contributed by atoms with Crippen molar-refractivity contribution in [1.82, 2.24) is 5.32 Å². The van der Waals surface area contributed by atoms with Crippen LogP contribution in [0, 0.1) is 0 Å². The van der Waals surface area contributed by atoms with E-state index in [-0.39, 0.29) is 6.61 Å². The van der Waals surface area contributed by atoms with Gasteiger partial charge in [0.05, 0.1) is 24.3 Å². The first-order valence-corrected chi connectivity index (χ1v) is 7.44. The van der Waals surface area contributed by atoms with Gasteiger partial charge in [-0.25, -0.2) is 0 Å². The quantitative estimate of drug-likeness (QED) is 0.477. The van der Waals surface area contributed by atoms with Crippen LogP contribution < -0.4 is 5.32 Å². The third-order valence-corrected chi connectivity index (χ3v) is 4.23. The average molecular weight is 306 g/mol. The number of rotatable bonds is 9. The van der Waals surface area contributed by atoms with Gasteiger partial charge in [0.1, 0.15) is 0 Å². The number of aliphatic hydroxyl groups excluding tert-OH is 2. The van der Waals surface area contributed by atoms with Crippen LogP contribution in [0.4, 0.5) is 0 Å². The summed E-state index contributed by atoms with van der Waals surface area (Å²) >= 11 is 7.64. The van der Waals surface area contributed by atoms with Crippen LogP contribution in [0.2, 0.25) is 5.02 Å². The number of ether oxygens (including phenoxy) is 1. The molecule has 0 aromatic heterocycles. The molecule has 0 spiro atoms. The Hall–Kier alpha value is -0.300. The van der Waals surface area contributed by atoms with Gasteiger partial charge in [0.15, 0.2) is 0 Å². The van der Waals surface area contributed by atoms with Gasteiger partial charge in [0.2, 0.25) is 0 Å². The first-order valence-electron chi connectivity index (χ1n) is 6.07. The molecule has 108 valence electrons. The van der Waals surface area contributed by atoms with Gasteiger partial charge in [-0.2, -0.15) is 0 Å². The molecule has 1 atom stereocenters. The Kier molecular flexibility index (Phi) is 8.45. The number of thioether (sulfide) groups is 1. The molecular formula is C13H20ClNO3S. The fourth-order valence-electron chi connectivity index (χ4n) is 1.48. The zero-order chi connectivity index (χ0) is 14.1. The summed E-state index contributed by atoms with van der Waals surface area (Å²) in [6, 6.07) is 5.73. The second-order valence-electron chi connectivity index (χ2n) is 4.05. The molecule has 0 radical (unpaired) electrons. The number of hydrogen-bond acceptors (Lipinski definition) is 5. The molecule has 1 rings (SSSR count). The largest absolute Gasteiger partial charge is 0.394 e. The lowest BCUT2D eigenvalue weighted by Gasteiger charge is -2.13. The van der Waals surface area contributed by atoms with Gasteiger partial charge in [-0.05, 0) is 11.6 Å². The molecule has 4 nitrogen and oxygen atoms in total. The van der Waals surface area contributed by atoms with Gasteiger partial charge in [0.25, 0.3) is 0 Å².